The number of fused-ring (bicyclic) bond motifs is 1. The smallest absolute Gasteiger partial charge is 0.354 e. The van der Waals surface area contributed by atoms with Crippen LogP contribution in [-0.4, -0.2) is 57.3 Å². The number of nitro benzene ring substituents is 1. The number of benzene rings is 1. The maximum atomic E-state index is 13.6. The standard InChI is InChI=1S/C24H33N3O7S2Si/c1-13(34-37(6,7)23(3,4)5)17-20(29)26-18(21(30)31)22(35-14(2)19(25)28)36-24(17,26)12-15-8-10-16(11-9-15)27(32)33/h8-11,13-14,17H,12H2,1-7H3,(H2,25,28)(H,30,31)/t13-,14?,17+,24+/m1/s1. The molecule has 3 N–H and O–H groups in total. The Morgan fingerprint density at radius 3 is 2.32 bits per heavy atom. The molecule has 0 bridgehead atoms. The maximum Gasteiger partial charge on any atom is 0.354 e. The predicted molar refractivity (Wildman–Crippen MR) is 146 cm³/mol. The normalized spacial score (nSPS) is 23.4. The van der Waals surface area contributed by atoms with E-state index in [1.54, 1.807) is 19.1 Å². The van der Waals surface area contributed by atoms with Crippen molar-refractivity contribution in [2.45, 2.75) is 75.4 Å². The van der Waals surface area contributed by atoms with Gasteiger partial charge in [-0.3, -0.25) is 24.6 Å². The SMILES string of the molecule is CC(SC1=C(C(=O)O)N2C(=O)[C@H]([C@@H](C)O[Si](C)(C)C(C)(C)C)[C@]2(Cc2ccc([N+](=O)[O-])cc2)S1)C(N)=O. The topological polar surface area (TPSA) is 153 Å². The summed E-state index contributed by atoms with van der Waals surface area (Å²) in [5, 5.41) is 20.4. The molecule has 0 saturated carbocycles. The lowest BCUT2D eigenvalue weighted by Crippen LogP contribution is -2.71. The molecule has 2 aliphatic heterocycles. The molecular weight excluding hydrogens is 534 g/mol. The molecular formula is C24H33N3O7S2Si. The van der Waals surface area contributed by atoms with Gasteiger partial charge in [0.15, 0.2) is 14.0 Å². The molecule has 3 rings (SSSR count). The van der Waals surface area contributed by atoms with E-state index in [1.807, 2.05) is 6.92 Å². The zero-order chi connectivity index (χ0) is 28.1. The molecule has 1 unspecified atom stereocenters. The van der Waals surface area contributed by atoms with E-state index in [1.165, 1.54) is 28.8 Å². The molecule has 10 nitrogen and oxygen atoms in total. The fourth-order valence-electron chi connectivity index (χ4n) is 4.31. The number of carbonyl (C=O) groups is 3. The van der Waals surface area contributed by atoms with Crippen LogP contribution in [-0.2, 0) is 25.2 Å². The Kier molecular flexibility index (Phi) is 7.96. The number of β-lactam (4-membered cyclic amide) rings is 1. The number of rotatable bonds is 10. The number of nitrogens with two attached hydrogens (primary N) is 1. The average Bonchev–Trinajstić information content (AvgIpc) is 3.02. The van der Waals surface area contributed by atoms with Crippen molar-refractivity contribution in [1.29, 1.82) is 0 Å². The van der Waals surface area contributed by atoms with Gasteiger partial charge < -0.3 is 15.3 Å². The molecule has 0 spiro atoms. The molecule has 37 heavy (non-hydrogen) atoms. The van der Waals surface area contributed by atoms with Gasteiger partial charge in [-0.15, -0.1) is 11.8 Å². The molecule has 1 fully saturated rings. The monoisotopic (exact) mass is 567 g/mol. The highest BCUT2D eigenvalue weighted by molar-refractivity contribution is 8.23. The highest BCUT2D eigenvalue weighted by atomic mass is 32.2. The number of carboxylic acid groups (broad SMARTS) is 1. The van der Waals surface area contributed by atoms with Gasteiger partial charge in [-0.05, 0) is 37.5 Å². The second-order valence-electron chi connectivity index (χ2n) is 10.9. The highest BCUT2D eigenvalue weighted by Crippen LogP contribution is 2.63. The summed E-state index contributed by atoms with van der Waals surface area (Å²) in [6.07, 6.45) is -0.272. The van der Waals surface area contributed by atoms with E-state index in [2.05, 4.69) is 33.9 Å². The lowest BCUT2D eigenvalue weighted by Gasteiger charge is -2.56. The van der Waals surface area contributed by atoms with E-state index in [9.17, 15) is 29.6 Å². The van der Waals surface area contributed by atoms with E-state index in [0.717, 1.165) is 11.8 Å². The zero-order valence-corrected chi connectivity index (χ0v) is 24.6. The maximum absolute atomic E-state index is 13.6. The van der Waals surface area contributed by atoms with Crippen molar-refractivity contribution >= 4 is 55.3 Å². The molecule has 202 valence electrons. The van der Waals surface area contributed by atoms with Crippen LogP contribution in [0.5, 0.6) is 0 Å². The third-order valence-corrected chi connectivity index (χ3v) is 14.7. The number of non-ortho nitro benzene ring substituents is 1. The van der Waals surface area contributed by atoms with Crippen molar-refractivity contribution in [3.05, 3.63) is 49.9 Å². The van der Waals surface area contributed by atoms with Crippen molar-refractivity contribution in [3.8, 4) is 0 Å². The summed E-state index contributed by atoms with van der Waals surface area (Å²) in [6.45, 7) is 13.9. The molecule has 2 amide bonds. The zero-order valence-electron chi connectivity index (χ0n) is 21.9. The van der Waals surface area contributed by atoms with Gasteiger partial charge in [-0.1, -0.05) is 44.7 Å². The van der Waals surface area contributed by atoms with Gasteiger partial charge in [-0.25, -0.2) is 4.79 Å². The van der Waals surface area contributed by atoms with Gasteiger partial charge in [0.25, 0.3) is 5.69 Å². The van der Waals surface area contributed by atoms with Crippen LogP contribution in [0.25, 0.3) is 0 Å². The third kappa shape index (κ3) is 5.31. The molecule has 4 atom stereocenters. The van der Waals surface area contributed by atoms with Crippen LogP contribution in [0.1, 0.15) is 40.2 Å². The molecule has 2 heterocycles. The largest absolute Gasteiger partial charge is 0.477 e. The second kappa shape index (κ2) is 10.1. The third-order valence-electron chi connectivity index (χ3n) is 7.29. The van der Waals surface area contributed by atoms with Gasteiger partial charge in [0, 0.05) is 18.6 Å². The van der Waals surface area contributed by atoms with Crippen molar-refractivity contribution in [2.24, 2.45) is 11.7 Å². The van der Waals surface area contributed by atoms with Crippen molar-refractivity contribution in [2.75, 3.05) is 0 Å². The fraction of sp³-hybridized carbons (Fsp3) is 0.542. The second-order valence-corrected chi connectivity index (χ2v) is 18.6. The Balaban J connectivity index is 2.06. The predicted octanol–water partition coefficient (Wildman–Crippen LogP) is 4.31. The Bertz CT molecular complexity index is 1170. The number of amides is 2. The lowest BCUT2D eigenvalue weighted by atomic mass is 9.78. The number of hydrogen-bond acceptors (Lipinski definition) is 8. The number of aliphatic carboxylic acids is 1. The van der Waals surface area contributed by atoms with Crippen LogP contribution in [0.15, 0.2) is 34.2 Å². The number of nitrogens with zero attached hydrogens (tertiary/aromatic N) is 2. The first-order valence-corrected chi connectivity index (χ1v) is 16.4. The number of hydrogen-bond donors (Lipinski definition) is 2. The lowest BCUT2D eigenvalue weighted by molar-refractivity contribution is -0.384. The number of carbonyl (C=O) groups excluding carboxylic acids is 2. The number of nitro groups is 1. The summed E-state index contributed by atoms with van der Waals surface area (Å²) < 4.78 is 6.92. The Morgan fingerprint density at radius 1 is 1.30 bits per heavy atom. The first-order valence-electron chi connectivity index (χ1n) is 11.8. The summed E-state index contributed by atoms with van der Waals surface area (Å²) in [5.41, 5.74) is 5.90. The van der Waals surface area contributed by atoms with Crippen LogP contribution in [0.4, 0.5) is 5.69 Å². The summed E-state index contributed by atoms with van der Waals surface area (Å²) in [4.78, 5) is 48.6. The first-order chi connectivity index (χ1) is 16.9. The minimum Gasteiger partial charge on any atom is -0.477 e. The molecule has 0 radical (unpaired) electrons. The number of thioether (sulfide) groups is 2. The Hall–Kier alpha value is -2.35. The molecule has 13 heteroatoms. The summed E-state index contributed by atoms with van der Waals surface area (Å²) in [5.74, 6) is -2.90. The van der Waals surface area contributed by atoms with Gasteiger partial charge in [0.05, 0.1) is 26.4 Å². The molecule has 0 aliphatic carbocycles. The highest BCUT2D eigenvalue weighted by Gasteiger charge is 2.69. The van der Waals surface area contributed by atoms with Crippen molar-refractivity contribution < 1.29 is 28.8 Å². The van der Waals surface area contributed by atoms with E-state index >= 15 is 0 Å². The quantitative estimate of drug-likeness (QED) is 0.182. The van der Waals surface area contributed by atoms with E-state index < -0.39 is 47.3 Å². The van der Waals surface area contributed by atoms with Gasteiger partial charge >= 0.3 is 5.97 Å². The molecule has 2 aliphatic rings. The van der Waals surface area contributed by atoms with E-state index in [0.29, 0.717) is 9.80 Å². The van der Waals surface area contributed by atoms with Crippen molar-refractivity contribution in [1.82, 2.24) is 4.90 Å². The summed E-state index contributed by atoms with van der Waals surface area (Å²) in [6, 6.07) is 6.00. The Morgan fingerprint density at radius 2 is 1.86 bits per heavy atom. The van der Waals surface area contributed by atoms with Crippen LogP contribution in [0.3, 0.4) is 0 Å². The van der Waals surface area contributed by atoms with Gasteiger partial charge in [0.2, 0.25) is 11.8 Å². The number of carboxylic acids is 1. The van der Waals surface area contributed by atoms with Crippen LogP contribution in [0.2, 0.25) is 18.1 Å². The summed E-state index contributed by atoms with van der Waals surface area (Å²) >= 11 is 2.25. The van der Waals surface area contributed by atoms with E-state index in [-0.39, 0.29) is 28.8 Å². The van der Waals surface area contributed by atoms with Gasteiger partial charge in [0.1, 0.15) is 4.87 Å². The fourth-order valence-corrected chi connectivity index (χ4v) is 9.04. The van der Waals surface area contributed by atoms with Gasteiger partial charge in [-0.2, -0.15) is 0 Å². The van der Waals surface area contributed by atoms with Crippen LogP contribution in [0, 0.1) is 16.0 Å². The minimum absolute atomic E-state index is 0.0658. The summed E-state index contributed by atoms with van der Waals surface area (Å²) in [7, 11) is -2.28. The molecule has 1 saturated heterocycles. The minimum atomic E-state index is -2.28. The molecule has 1 aromatic carbocycles. The number of primary amides is 1. The Labute approximate surface area is 225 Å². The molecule has 1 aromatic rings. The average molecular weight is 568 g/mol. The first kappa shape index (κ1) is 29.2. The van der Waals surface area contributed by atoms with Crippen LogP contribution < -0.4 is 5.73 Å². The van der Waals surface area contributed by atoms with E-state index in [4.69, 9.17) is 10.2 Å². The molecule has 0 aromatic heterocycles. The van der Waals surface area contributed by atoms with Crippen molar-refractivity contribution in [3.63, 3.8) is 0 Å². The van der Waals surface area contributed by atoms with Crippen LogP contribution >= 0.6 is 23.5 Å².